The minimum Gasteiger partial charge on any atom is -0.494 e. The second kappa shape index (κ2) is 3.42. The highest BCUT2D eigenvalue weighted by Gasteiger charge is 2.08. The van der Waals surface area contributed by atoms with Gasteiger partial charge in [-0.1, -0.05) is 0 Å². The Balaban J connectivity index is 2.76. The summed E-state index contributed by atoms with van der Waals surface area (Å²) in [7, 11) is 1.48. The van der Waals surface area contributed by atoms with E-state index in [0.717, 1.165) is 13.7 Å². The van der Waals surface area contributed by atoms with Gasteiger partial charge in [-0.3, -0.25) is 0 Å². The van der Waals surface area contributed by atoms with Gasteiger partial charge in [0.15, 0.2) is 11.6 Å². The number of halogens is 2. The molecule has 2 aromatic rings. The molecule has 1 aromatic carbocycles. The molecule has 1 heterocycles. The van der Waals surface area contributed by atoms with Gasteiger partial charge in [-0.25, -0.2) is 4.39 Å². The molecule has 0 saturated carbocycles. The van der Waals surface area contributed by atoms with Crippen LogP contribution in [-0.4, -0.2) is 7.11 Å². The summed E-state index contributed by atoms with van der Waals surface area (Å²) in [6, 6.07) is 3.25. The van der Waals surface area contributed by atoms with Crippen LogP contribution in [0.5, 0.6) is 5.75 Å². The van der Waals surface area contributed by atoms with E-state index in [1.54, 1.807) is 17.4 Å². The van der Waals surface area contributed by atoms with E-state index in [1.165, 1.54) is 13.2 Å². The SMILES string of the molecule is COc1cc2scc(I)c2cc1F. The maximum absolute atomic E-state index is 13.3. The van der Waals surface area contributed by atoms with E-state index in [-0.39, 0.29) is 5.82 Å². The summed E-state index contributed by atoms with van der Waals surface area (Å²) in [5.74, 6) is 0.0112. The minimum atomic E-state index is -0.300. The van der Waals surface area contributed by atoms with E-state index in [4.69, 9.17) is 4.74 Å². The van der Waals surface area contributed by atoms with Crippen molar-refractivity contribution in [2.45, 2.75) is 0 Å². The van der Waals surface area contributed by atoms with Gasteiger partial charge in [0.25, 0.3) is 0 Å². The highest BCUT2D eigenvalue weighted by atomic mass is 127. The Labute approximate surface area is 92.7 Å². The van der Waals surface area contributed by atoms with Crippen molar-refractivity contribution in [1.29, 1.82) is 0 Å². The molecule has 1 nitrogen and oxygen atoms in total. The van der Waals surface area contributed by atoms with Gasteiger partial charge < -0.3 is 4.74 Å². The number of methoxy groups -OCH3 is 1. The Morgan fingerprint density at radius 3 is 2.92 bits per heavy atom. The van der Waals surface area contributed by atoms with Crippen LogP contribution in [0.3, 0.4) is 0 Å². The molecule has 0 aliphatic rings. The molecule has 0 amide bonds. The van der Waals surface area contributed by atoms with Crippen molar-refractivity contribution in [2.24, 2.45) is 0 Å². The number of hydrogen-bond acceptors (Lipinski definition) is 2. The summed E-state index contributed by atoms with van der Waals surface area (Å²) in [5.41, 5.74) is 0. The Hall–Kier alpha value is -0.360. The first-order valence-electron chi connectivity index (χ1n) is 3.62. The highest BCUT2D eigenvalue weighted by molar-refractivity contribution is 14.1. The van der Waals surface area contributed by atoms with Crippen LogP contribution in [0.15, 0.2) is 17.5 Å². The van der Waals surface area contributed by atoms with Crippen LogP contribution in [0, 0.1) is 9.39 Å². The Morgan fingerprint density at radius 2 is 2.23 bits per heavy atom. The van der Waals surface area contributed by atoms with Crippen molar-refractivity contribution in [3.05, 3.63) is 26.9 Å². The predicted molar refractivity (Wildman–Crippen MR) is 61.1 cm³/mol. The molecule has 0 atom stereocenters. The van der Waals surface area contributed by atoms with Crippen molar-refractivity contribution < 1.29 is 9.13 Å². The van der Waals surface area contributed by atoms with Crippen molar-refractivity contribution in [2.75, 3.05) is 7.11 Å². The summed E-state index contributed by atoms with van der Waals surface area (Å²) in [6.45, 7) is 0. The molecule has 2 rings (SSSR count). The van der Waals surface area contributed by atoms with Crippen LogP contribution >= 0.6 is 33.9 Å². The van der Waals surface area contributed by atoms with Crippen LogP contribution in [0.25, 0.3) is 10.1 Å². The summed E-state index contributed by atoms with van der Waals surface area (Å²) in [4.78, 5) is 0. The lowest BCUT2D eigenvalue weighted by Gasteiger charge is -2.00. The lowest BCUT2D eigenvalue weighted by molar-refractivity contribution is 0.387. The smallest absolute Gasteiger partial charge is 0.165 e. The van der Waals surface area contributed by atoms with Crippen LogP contribution < -0.4 is 4.74 Å². The average molecular weight is 308 g/mol. The standard InChI is InChI=1S/C9H6FIOS/c1-12-8-3-9-5(2-6(8)10)7(11)4-13-9/h2-4H,1H3. The zero-order valence-electron chi connectivity index (χ0n) is 6.80. The molecule has 0 N–H and O–H groups in total. The zero-order chi connectivity index (χ0) is 9.42. The molecule has 4 heteroatoms. The number of benzene rings is 1. The number of ether oxygens (including phenoxy) is 1. The molecule has 0 aliphatic carbocycles. The summed E-state index contributed by atoms with van der Waals surface area (Å²) in [5, 5.41) is 2.97. The Morgan fingerprint density at radius 1 is 1.46 bits per heavy atom. The fourth-order valence-electron chi connectivity index (χ4n) is 1.15. The zero-order valence-corrected chi connectivity index (χ0v) is 9.78. The molecule has 0 aliphatic heterocycles. The van der Waals surface area contributed by atoms with Crippen LogP contribution in [0.4, 0.5) is 4.39 Å². The first-order chi connectivity index (χ1) is 6.22. The van der Waals surface area contributed by atoms with Gasteiger partial charge >= 0.3 is 0 Å². The summed E-state index contributed by atoms with van der Waals surface area (Å²) < 4.78 is 20.3. The fraction of sp³-hybridized carbons (Fsp3) is 0.111. The van der Waals surface area contributed by atoms with Gasteiger partial charge in [-0.2, -0.15) is 0 Å². The first kappa shape index (κ1) is 9.21. The Bertz CT molecular complexity index is 452. The van der Waals surface area contributed by atoms with E-state index >= 15 is 0 Å². The summed E-state index contributed by atoms with van der Waals surface area (Å²) >= 11 is 3.79. The van der Waals surface area contributed by atoms with Gasteiger partial charge in [-0.15, -0.1) is 11.3 Å². The van der Waals surface area contributed by atoms with Gasteiger partial charge in [-0.05, 0) is 28.7 Å². The molecule has 68 valence electrons. The molecular weight excluding hydrogens is 302 g/mol. The highest BCUT2D eigenvalue weighted by Crippen LogP contribution is 2.32. The van der Waals surface area contributed by atoms with Gasteiger partial charge in [0.05, 0.1) is 7.11 Å². The van der Waals surface area contributed by atoms with Gasteiger partial charge in [0.1, 0.15) is 0 Å². The molecule has 0 radical (unpaired) electrons. The molecule has 1 aromatic heterocycles. The summed E-state index contributed by atoms with van der Waals surface area (Å²) in [6.07, 6.45) is 0. The van der Waals surface area contributed by atoms with Crippen LogP contribution in [0.2, 0.25) is 0 Å². The van der Waals surface area contributed by atoms with Crippen molar-refractivity contribution >= 4 is 44.0 Å². The number of hydrogen-bond donors (Lipinski definition) is 0. The molecule has 0 fully saturated rings. The van der Waals surface area contributed by atoms with Crippen LogP contribution in [-0.2, 0) is 0 Å². The number of thiophene rings is 1. The van der Waals surface area contributed by atoms with E-state index in [2.05, 4.69) is 22.6 Å². The van der Waals surface area contributed by atoms with E-state index < -0.39 is 0 Å². The molecule has 0 spiro atoms. The lowest BCUT2D eigenvalue weighted by atomic mass is 10.2. The third-order valence-electron chi connectivity index (χ3n) is 1.80. The van der Waals surface area contributed by atoms with Crippen molar-refractivity contribution in [3.63, 3.8) is 0 Å². The van der Waals surface area contributed by atoms with Crippen molar-refractivity contribution in [3.8, 4) is 5.75 Å². The molecule has 13 heavy (non-hydrogen) atoms. The normalized spacial score (nSPS) is 10.7. The number of fused-ring (bicyclic) bond motifs is 1. The largest absolute Gasteiger partial charge is 0.494 e. The maximum atomic E-state index is 13.3. The van der Waals surface area contributed by atoms with E-state index in [1.807, 2.05) is 5.38 Å². The fourth-order valence-corrected chi connectivity index (χ4v) is 2.99. The van der Waals surface area contributed by atoms with Gasteiger partial charge in [0, 0.05) is 25.1 Å². The quantitative estimate of drug-likeness (QED) is 0.731. The van der Waals surface area contributed by atoms with Crippen molar-refractivity contribution in [1.82, 2.24) is 0 Å². The second-order valence-electron chi connectivity index (χ2n) is 2.57. The second-order valence-corrected chi connectivity index (χ2v) is 4.64. The molecule has 0 bridgehead atoms. The Kier molecular flexibility index (Phi) is 2.42. The predicted octanol–water partition coefficient (Wildman–Crippen LogP) is 3.65. The molecule has 0 saturated heterocycles. The van der Waals surface area contributed by atoms with E-state index in [0.29, 0.717) is 5.75 Å². The first-order valence-corrected chi connectivity index (χ1v) is 5.58. The maximum Gasteiger partial charge on any atom is 0.165 e. The topological polar surface area (TPSA) is 9.23 Å². The minimum absolute atomic E-state index is 0.300. The third kappa shape index (κ3) is 1.52. The lowest BCUT2D eigenvalue weighted by Crippen LogP contribution is -1.86. The van der Waals surface area contributed by atoms with Gasteiger partial charge in [0.2, 0.25) is 0 Å². The van der Waals surface area contributed by atoms with E-state index in [9.17, 15) is 4.39 Å². The number of rotatable bonds is 1. The monoisotopic (exact) mass is 308 g/mol. The average Bonchev–Trinajstić information content (AvgIpc) is 2.47. The van der Waals surface area contributed by atoms with Crippen LogP contribution in [0.1, 0.15) is 0 Å². The molecular formula is C9H6FIOS. The third-order valence-corrected chi connectivity index (χ3v) is 4.06. The molecule has 0 unspecified atom stereocenters.